The van der Waals surface area contributed by atoms with Crippen molar-refractivity contribution in [1.82, 2.24) is 29.5 Å². The fraction of sp³-hybridized carbons (Fsp3) is 0.0392. The van der Waals surface area contributed by atoms with E-state index in [9.17, 15) is 0 Å². The molecule has 6 aromatic carbocycles. The van der Waals surface area contributed by atoms with E-state index in [2.05, 4.69) is 99.4 Å². The van der Waals surface area contributed by atoms with Crippen LogP contribution in [0.25, 0.3) is 72.5 Å². The van der Waals surface area contributed by atoms with Crippen LogP contribution >= 0.6 is 0 Å². The molecule has 0 saturated heterocycles. The standard InChI is InChI=1S/C51H36N6O2/c1-33-25-37(43-17-9-11-23-53-43)27-47(49(33)35-13-5-3-6-14-35)58-39-19-21-41-42-22-20-40(30-46(42)57(45(41)29-39)51-55-31-52-32-56-51)59-48-28-38(44-18-10-12-24-54-44)26-34(2)50(48)36-15-7-4-8-16-36/h3-32H,1-2H3. The number of pyridine rings is 2. The number of benzene rings is 6. The number of hydrogen-bond acceptors (Lipinski definition) is 7. The maximum Gasteiger partial charge on any atom is 0.237 e. The third-order valence-electron chi connectivity index (χ3n) is 10.5. The molecular formula is C51H36N6O2. The quantitative estimate of drug-likeness (QED) is 0.145. The Kier molecular flexibility index (Phi) is 9.12. The van der Waals surface area contributed by atoms with Crippen LogP contribution < -0.4 is 9.47 Å². The highest BCUT2D eigenvalue weighted by molar-refractivity contribution is 6.09. The minimum atomic E-state index is 0.477. The second-order valence-electron chi connectivity index (χ2n) is 14.3. The lowest BCUT2D eigenvalue weighted by Gasteiger charge is -2.17. The summed E-state index contributed by atoms with van der Waals surface area (Å²) >= 11 is 0. The van der Waals surface area contributed by atoms with Gasteiger partial charge in [0.05, 0.1) is 22.4 Å². The molecule has 0 N–H and O–H groups in total. The van der Waals surface area contributed by atoms with E-state index in [1.165, 1.54) is 12.7 Å². The summed E-state index contributed by atoms with van der Waals surface area (Å²) in [6, 6.07) is 53.3. The summed E-state index contributed by atoms with van der Waals surface area (Å²) in [6.07, 6.45) is 6.64. The summed E-state index contributed by atoms with van der Waals surface area (Å²) in [5.41, 5.74) is 11.8. The zero-order valence-electron chi connectivity index (χ0n) is 32.3. The number of ether oxygens (including phenoxy) is 2. The summed E-state index contributed by atoms with van der Waals surface area (Å²) in [5, 5.41) is 2.03. The Morgan fingerprint density at radius 3 is 1.32 bits per heavy atom. The molecule has 0 atom stereocenters. The first-order valence-electron chi connectivity index (χ1n) is 19.4. The molecule has 0 unspecified atom stereocenters. The first-order valence-corrected chi connectivity index (χ1v) is 19.4. The van der Waals surface area contributed by atoms with E-state index >= 15 is 0 Å². The molecule has 8 nitrogen and oxygen atoms in total. The molecule has 0 spiro atoms. The lowest BCUT2D eigenvalue weighted by Crippen LogP contribution is -2.01. The lowest BCUT2D eigenvalue weighted by atomic mass is 9.96. The Balaban J connectivity index is 1.11. The third-order valence-corrected chi connectivity index (χ3v) is 10.5. The molecule has 0 bridgehead atoms. The van der Waals surface area contributed by atoms with Crippen molar-refractivity contribution in [2.24, 2.45) is 0 Å². The molecule has 0 aliphatic heterocycles. The Bertz CT molecular complexity index is 2910. The maximum absolute atomic E-state index is 6.89. The molecule has 10 rings (SSSR count). The van der Waals surface area contributed by atoms with Gasteiger partial charge in [-0.15, -0.1) is 0 Å². The van der Waals surface area contributed by atoms with Crippen molar-refractivity contribution in [2.75, 3.05) is 0 Å². The minimum Gasteiger partial charge on any atom is -0.457 e. The van der Waals surface area contributed by atoms with Gasteiger partial charge in [0, 0.05) is 57.6 Å². The smallest absolute Gasteiger partial charge is 0.237 e. The molecule has 0 amide bonds. The molecule has 0 aliphatic rings. The Morgan fingerprint density at radius 2 is 0.881 bits per heavy atom. The summed E-state index contributed by atoms with van der Waals surface area (Å²) in [6.45, 7) is 4.23. The second kappa shape index (κ2) is 15.2. The average Bonchev–Trinajstić information content (AvgIpc) is 3.60. The van der Waals surface area contributed by atoms with Crippen molar-refractivity contribution in [3.8, 4) is 73.7 Å². The van der Waals surface area contributed by atoms with Gasteiger partial charge in [-0.2, -0.15) is 0 Å². The first-order chi connectivity index (χ1) is 29.1. The van der Waals surface area contributed by atoms with E-state index in [1.54, 1.807) is 0 Å². The van der Waals surface area contributed by atoms with Gasteiger partial charge in [-0.1, -0.05) is 72.8 Å². The van der Waals surface area contributed by atoms with Crippen molar-refractivity contribution in [2.45, 2.75) is 13.8 Å². The SMILES string of the molecule is Cc1cc(-c2ccccn2)cc(Oc2ccc3c4ccc(Oc5cc(-c6ccccn6)cc(C)c5-c5ccccc5)cc4n(-c4ncncn4)c3c2)c1-c1ccccc1. The third kappa shape index (κ3) is 6.83. The largest absolute Gasteiger partial charge is 0.457 e. The van der Waals surface area contributed by atoms with Crippen LogP contribution in [0.2, 0.25) is 0 Å². The van der Waals surface area contributed by atoms with Crippen molar-refractivity contribution >= 4 is 21.8 Å². The normalized spacial score (nSPS) is 11.2. The van der Waals surface area contributed by atoms with Gasteiger partial charge in [0.25, 0.3) is 0 Å². The Labute approximate surface area is 341 Å². The molecule has 8 heteroatoms. The molecule has 10 aromatic rings. The molecule has 0 radical (unpaired) electrons. The molecule has 59 heavy (non-hydrogen) atoms. The number of nitrogens with zero attached hydrogens (tertiary/aromatic N) is 6. The van der Waals surface area contributed by atoms with E-state index < -0.39 is 0 Å². The number of aromatic nitrogens is 6. The minimum absolute atomic E-state index is 0.477. The Morgan fingerprint density at radius 1 is 0.424 bits per heavy atom. The molecule has 0 saturated carbocycles. The molecule has 282 valence electrons. The number of hydrogen-bond donors (Lipinski definition) is 0. The second-order valence-corrected chi connectivity index (χ2v) is 14.3. The van der Waals surface area contributed by atoms with Crippen molar-refractivity contribution in [3.63, 3.8) is 0 Å². The maximum atomic E-state index is 6.89. The number of rotatable bonds is 9. The van der Waals surface area contributed by atoms with Crippen LogP contribution in [-0.2, 0) is 0 Å². The van der Waals surface area contributed by atoms with Crippen molar-refractivity contribution < 1.29 is 9.47 Å². The molecular weight excluding hydrogens is 729 g/mol. The predicted octanol–water partition coefficient (Wildman–Crippen LogP) is 12.6. The van der Waals surface area contributed by atoms with Gasteiger partial charge >= 0.3 is 0 Å². The number of fused-ring (bicyclic) bond motifs is 3. The predicted molar refractivity (Wildman–Crippen MR) is 234 cm³/mol. The van der Waals surface area contributed by atoms with Crippen LogP contribution in [0.4, 0.5) is 0 Å². The van der Waals surface area contributed by atoms with Crippen LogP contribution in [-0.4, -0.2) is 29.5 Å². The van der Waals surface area contributed by atoms with E-state index in [-0.39, 0.29) is 0 Å². The molecule has 4 heterocycles. The lowest BCUT2D eigenvalue weighted by molar-refractivity contribution is 0.485. The fourth-order valence-corrected chi connectivity index (χ4v) is 7.91. The zero-order valence-corrected chi connectivity index (χ0v) is 32.3. The highest BCUT2D eigenvalue weighted by Crippen LogP contribution is 2.43. The topological polar surface area (TPSA) is 87.8 Å². The van der Waals surface area contributed by atoms with E-state index in [4.69, 9.17) is 9.47 Å². The summed E-state index contributed by atoms with van der Waals surface area (Å²) < 4.78 is 15.8. The summed E-state index contributed by atoms with van der Waals surface area (Å²) in [4.78, 5) is 22.6. The van der Waals surface area contributed by atoms with Crippen molar-refractivity contribution in [1.29, 1.82) is 0 Å². The van der Waals surface area contributed by atoms with Crippen LogP contribution in [0.15, 0.2) is 183 Å². The monoisotopic (exact) mass is 764 g/mol. The fourth-order valence-electron chi connectivity index (χ4n) is 7.91. The van der Waals surface area contributed by atoms with Gasteiger partial charge in [-0.05, 0) is 109 Å². The van der Waals surface area contributed by atoms with Gasteiger partial charge in [-0.3, -0.25) is 14.5 Å². The first kappa shape index (κ1) is 35.4. The Hall–Kier alpha value is -7.97. The zero-order chi connectivity index (χ0) is 39.7. The van der Waals surface area contributed by atoms with Gasteiger partial charge in [0.1, 0.15) is 35.7 Å². The summed E-state index contributed by atoms with van der Waals surface area (Å²) in [7, 11) is 0. The molecule has 4 aromatic heterocycles. The van der Waals surface area contributed by atoms with Gasteiger partial charge in [-0.25, -0.2) is 15.0 Å². The van der Waals surface area contributed by atoms with Gasteiger partial charge in [0.2, 0.25) is 5.95 Å². The van der Waals surface area contributed by atoms with Gasteiger partial charge in [0.15, 0.2) is 0 Å². The van der Waals surface area contributed by atoms with E-state index in [0.717, 1.165) is 89.2 Å². The molecule has 0 aliphatic carbocycles. The molecule has 0 fully saturated rings. The van der Waals surface area contributed by atoms with E-state index in [1.807, 2.05) is 114 Å². The summed E-state index contributed by atoms with van der Waals surface area (Å²) in [5.74, 6) is 3.26. The van der Waals surface area contributed by atoms with Crippen molar-refractivity contribution in [3.05, 3.63) is 194 Å². The van der Waals surface area contributed by atoms with E-state index in [0.29, 0.717) is 17.4 Å². The van der Waals surface area contributed by atoms with Gasteiger partial charge < -0.3 is 9.47 Å². The van der Waals surface area contributed by atoms with Crippen LogP contribution in [0, 0.1) is 13.8 Å². The average molecular weight is 765 g/mol. The van der Waals surface area contributed by atoms with Crippen LogP contribution in [0.3, 0.4) is 0 Å². The van der Waals surface area contributed by atoms with Crippen LogP contribution in [0.1, 0.15) is 11.1 Å². The highest BCUT2D eigenvalue weighted by Gasteiger charge is 2.20. The highest BCUT2D eigenvalue weighted by atomic mass is 16.5. The van der Waals surface area contributed by atoms with Crippen LogP contribution in [0.5, 0.6) is 23.0 Å². The number of aryl methyl sites for hydroxylation is 2.